The van der Waals surface area contributed by atoms with E-state index in [4.69, 9.17) is 0 Å². The van der Waals surface area contributed by atoms with Gasteiger partial charge in [0.25, 0.3) is 5.91 Å². The van der Waals surface area contributed by atoms with Gasteiger partial charge in [-0.1, -0.05) is 15.9 Å². The number of rotatable bonds is 4. The summed E-state index contributed by atoms with van der Waals surface area (Å²) in [5.74, 6) is -4.82. The summed E-state index contributed by atoms with van der Waals surface area (Å²) in [4.78, 5) is 13.0. The molecule has 0 aliphatic carbocycles. The lowest BCUT2D eigenvalue weighted by atomic mass is 10.2. The van der Waals surface area contributed by atoms with Crippen molar-refractivity contribution in [3.63, 3.8) is 0 Å². The maximum Gasteiger partial charge on any atom is 0.253 e. The number of carbonyl (C=O) groups excluding carboxylic acids is 1. The van der Waals surface area contributed by atoms with Gasteiger partial charge >= 0.3 is 0 Å². The molecule has 1 aromatic rings. The molecule has 0 saturated heterocycles. The van der Waals surface area contributed by atoms with Gasteiger partial charge in [0.2, 0.25) is 0 Å². The first-order valence-electron chi connectivity index (χ1n) is 4.93. The van der Waals surface area contributed by atoms with Crippen molar-refractivity contribution in [1.29, 1.82) is 0 Å². The standard InChI is InChI=1S/C11H11BrF3NO/c1-16(4-2-3-12)11(17)7-5-8(13)10(15)9(14)6-7/h5-6H,2-4H2,1H3. The van der Waals surface area contributed by atoms with Gasteiger partial charge in [-0.25, -0.2) is 13.2 Å². The summed E-state index contributed by atoms with van der Waals surface area (Å²) in [7, 11) is 1.52. The Morgan fingerprint density at radius 3 is 2.29 bits per heavy atom. The summed E-state index contributed by atoms with van der Waals surface area (Å²) < 4.78 is 38.5. The monoisotopic (exact) mass is 309 g/mol. The molecular formula is C11H11BrF3NO. The van der Waals surface area contributed by atoms with Crippen molar-refractivity contribution in [1.82, 2.24) is 4.90 Å². The molecule has 0 unspecified atom stereocenters. The van der Waals surface area contributed by atoms with Crippen LogP contribution in [0.3, 0.4) is 0 Å². The van der Waals surface area contributed by atoms with Gasteiger partial charge in [0.1, 0.15) is 0 Å². The maximum atomic E-state index is 12.9. The fourth-order valence-corrected chi connectivity index (χ4v) is 1.55. The van der Waals surface area contributed by atoms with Crippen molar-refractivity contribution in [2.75, 3.05) is 18.9 Å². The highest BCUT2D eigenvalue weighted by Gasteiger charge is 2.17. The molecule has 0 spiro atoms. The first-order chi connectivity index (χ1) is 7.97. The summed E-state index contributed by atoms with van der Waals surface area (Å²) in [6.45, 7) is 0.449. The number of alkyl halides is 1. The number of hydrogen-bond acceptors (Lipinski definition) is 1. The number of halogens is 4. The maximum absolute atomic E-state index is 12.9. The van der Waals surface area contributed by atoms with Crippen molar-refractivity contribution < 1.29 is 18.0 Å². The summed E-state index contributed by atoms with van der Waals surface area (Å²) in [6, 6.07) is 1.40. The van der Waals surface area contributed by atoms with E-state index in [1.165, 1.54) is 11.9 Å². The van der Waals surface area contributed by atoms with Gasteiger partial charge in [0.15, 0.2) is 17.5 Å². The van der Waals surface area contributed by atoms with Gasteiger partial charge in [-0.3, -0.25) is 4.79 Å². The lowest BCUT2D eigenvalue weighted by molar-refractivity contribution is 0.0794. The van der Waals surface area contributed by atoms with E-state index in [9.17, 15) is 18.0 Å². The Bertz CT molecular complexity index is 402. The Morgan fingerprint density at radius 1 is 1.29 bits per heavy atom. The molecule has 0 bridgehead atoms. The van der Waals surface area contributed by atoms with Crippen LogP contribution in [0.25, 0.3) is 0 Å². The zero-order valence-electron chi connectivity index (χ0n) is 9.14. The minimum Gasteiger partial charge on any atom is -0.342 e. The highest BCUT2D eigenvalue weighted by Crippen LogP contribution is 2.15. The fourth-order valence-electron chi connectivity index (χ4n) is 1.30. The van der Waals surface area contributed by atoms with Crippen LogP contribution >= 0.6 is 15.9 Å². The zero-order valence-corrected chi connectivity index (χ0v) is 10.7. The molecule has 94 valence electrons. The van der Waals surface area contributed by atoms with Crippen molar-refractivity contribution in [3.05, 3.63) is 35.1 Å². The SMILES string of the molecule is CN(CCCBr)C(=O)c1cc(F)c(F)c(F)c1. The quantitative estimate of drug-likeness (QED) is 0.618. The van der Waals surface area contributed by atoms with Gasteiger partial charge in [-0.15, -0.1) is 0 Å². The zero-order chi connectivity index (χ0) is 13.0. The van der Waals surface area contributed by atoms with E-state index >= 15 is 0 Å². The van der Waals surface area contributed by atoms with Gasteiger partial charge in [-0.05, 0) is 18.6 Å². The molecule has 17 heavy (non-hydrogen) atoms. The Morgan fingerprint density at radius 2 is 1.82 bits per heavy atom. The molecule has 0 heterocycles. The lowest BCUT2D eigenvalue weighted by Gasteiger charge is -2.16. The van der Waals surface area contributed by atoms with Crippen molar-refractivity contribution in [3.8, 4) is 0 Å². The van der Waals surface area contributed by atoms with Crippen LogP contribution in [0.5, 0.6) is 0 Å². The van der Waals surface area contributed by atoms with E-state index in [2.05, 4.69) is 15.9 Å². The predicted octanol–water partition coefficient (Wildman–Crippen LogP) is 2.96. The normalized spacial score (nSPS) is 10.4. The average molecular weight is 310 g/mol. The van der Waals surface area contributed by atoms with E-state index in [0.717, 1.165) is 5.33 Å². The van der Waals surface area contributed by atoms with Crippen LogP contribution in [-0.4, -0.2) is 29.7 Å². The Kier molecular flexibility index (Phi) is 4.99. The molecule has 1 aromatic carbocycles. The third-order valence-electron chi connectivity index (χ3n) is 2.20. The molecule has 0 aliphatic rings. The molecule has 0 N–H and O–H groups in total. The van der Waals surface area contributed by atoms with Crippen LogP contribution in [0, 0.1) is 17.5 Å². The van der Waals surface area contributed by atoms with Crippen LogP contribution in [0.15, 0.2) is 12.1 Å². The van der Waals surface area contributed by atoms with E-state index in [0.29, 0.717) is 25.1 Å². The second-order valence-corrected chi connectivity index (χ2v) is 4.32. The summed E-state index contributed by atoms with van der Waals surface area (Å²) >= 11 is 3.21. The number of hydrogen-bond donors (Lipinski definition) is 0. The van der Waals surface area contributed by atoms with Gasteiger partial charge in [0.05, 0.1) is 0 Å². The number of amides is 1. The average Bonchev–Trinajstić information content (AvgIpc) is 2.31. The number of carbonyl (C=O) groups is 1. The smallest absolute Gasteiger partial charge is 0.253 e. The van der Waals surface area contributed by atoms with Gasteiger partial charge in [0, 0.05) is 24.5 Å². The minimum atomic E-state index is -1.57. The predicted molar refractivity (Wildman–Crippen MR) is 61.7 cm³/mol. The fraction of sp³-hybridized carbons (Fsp3) is 0.364. The minimum absolute atomic E-state index is 0.196. The third-order valence-corrected chi connectivity index (χ3v) is 2.77. The highest BCUT2D eigenvalue weighted by molar-refractivity contribution is 9.09. The van der Waals surface area contributed by atoms with Crippen LogP contribution in [0.2, 0.25) is 0 Å². The Labute approximate surface area is 106 Å². The molecule has 0 aliphatic heterocycles. The first-order valence-corrected chi connectivity index (χ1v) is 6.05. The van der Waals surface area contributed by atoms with Crippen LogP contribution < -0.4 is 0 Å². The molecule has 0 fully saturated rings. The summed E-state index contributed by atoms with van der Waals surface area (Å²) in [5.41, 5.74) is -0.196. The Hall–Kier alpha value is -1.04. The molecule has 0 saturated carbocycles. The van der Waals surface area contributed by atoms with Crippen LogP contribution in [-0.2, 0) is 0 Å². The van der Waals surface area contributed by atoms with Gasteiger partial charge in [-0.2, -0.15) is 0 Å². The van der Waals surface area contributed by atoms with E-state index in [-0.39, 0.29) is 5.56 Å². The highest BCUT2D eigenvalue weighted by atomic mass is 79.9. The van der Waals surface area contributed by atoms with E-state index in [1.807, 2.05) is 0 Å². The molecule has 1 rings (SSSR count). The third kappa shape index (κ3) is 3.46. The first kappa shape index (κ1) is 14.0. The summed E-state index contributed by atoms with van der Waals surface area (Å²) in [5, 5.41) is 0.719. The Balaban J connectivity index is 2.89. The molecule has 0 atom stereocenters. The van der Waals surface area contributed by atoms with Crippen molar-refractivity contribution >= 4 is 21.8 Å². The second kappa shape index (κ2) is 6.05. The van der Waals surface area contributed by atoms with Crippen LogP contribution in [0.1, 0.15) is 16.8 Å². The number of benzene rings is 1. The largest absolute Gasteiger partial charge is 0.342 e. The molecule has 2 nitrogen and oxygen atoms in total. The molecular weight excluding hydrogens is 299 g/mol. The van der Waals surface area contributed by atoms with Gasteiger partial charge < -0.3 is 4.90 Å². The molecule has 1 amide bonds. The van der Waals surface area contributed by atoms with E-state index in [1.54, 1.807) is 0 Å². The molecule has 0 aromatic heterocycles. The summed E-state index contributed by atoms with van der Waals surface area (Å²) in [6.07, 6.45) is 0.717. The number of nitrogens with zero attached hydrogens (tertiary/aromatic N) is 1. The lowest BCUT2D eigenvalue weighted by Crippen LogP contribution is -2.28. The molecule has 6 heteroatoms. The van der Waals surface area contributed by atoms with Crippen LogP contribution in [0.4, 0.5) is 13.2 Å². The molecule has 0 radical (unpaired) electrons. The van der Waals surface area contributed by atoms with Crippen molar-refractivity contribution in [2.45, 2.75) is 6.42 Å². The van der Waals surface area contributed by atoms with Crippen molar-refractivity contribution in [2.24, 2.45) is 0 Å². The van der Waals surface area contributed by atoms with E-state index < -0.39 is 23.4 Å². The topological polar surface area (TPSA) is 20.3 Å². The second-order valence-electron chi connectivity index (χ2n) is 3.52.